The fraction of sp³-hybridized carbons (Fsp3) is 1.00. The molecule has 2 atom stereocenters. The molecular weight excluding hydrogens is 224 g/mol. The van der Waals surface area contributed by atoms with E-state index in [0.29, 0.717) is 0 Å². The Hall–Kier alpha value is -0.120. The van der Waals surface area contributed by atoms with Gasteiger partial charge >= 0.3 is 0 Å². The van der Waals surface area contributed by atoms with Gasteiger partial charge in [-0.15, -0.1) is 0 Å². The van der Waals surface area contributed by atoms with Gasteiger partial charge in [0, 0.05) is 25.3 Å². The lowest BCUT2D eigenvalue weighted by Gasteiger charge is -2.32. The van der Waals surface area contributed by atoms with E-state index in [0.717, 1.165) is 37.8 Å². The first-order chi connectivity index (χ1) is 8.81. The summed E-state index contributed by atoms with van der Waals surface area (Å²) in [6.45, 7) is 6.52. The van der Waals surface area contributed by atoms with E-state index in [1.165, 1.54) is 45.1 Å². The smallest absolute Gasteiger partial charge is 0.0480 e. The molecule has 1 N–H and O–H groups in total. The van der Waals surface area contributed by atoms with Crippen molar-refractivity contribution in [2.24, 2.45) is 5.92 Å². The standard InChI is InChI=1S/C15H30N2O/c1-3-16-15-6-4-5-13(15)7-10-17(2)14-8-11-18-12-9-14/h13-16H,3-12H2,1-2H3. The molecule has 0 aromatic rings. The zero-order chi connectivity index (χ0) is 12.8. The van der Waals surface area contributed by atoms with Gasteiger partial charge in [-0.2, -0.15) is 0 Å². The van der Waals surface area contributed by atoms with Crippen LogP contribution in [0.15, 0.2) is 0 Å². The molecule has 1 heterocycles. The van der Waals surface area contributed by atoms with Gasteiger partial charge in [-0.05, 0) is 58.2 Å². The average Bonchev–Trinajstić information content (AvgIpc) is 2.85. The van der Waals surface area contributed by atoms with E-state index in [-0.39, 0.29) is 0 Å². The predicted octanol–water partition coefficient (Wildman–Crippen LogP) is 2.27. The van der Waals surface area contributed by atoms with Crippen LogP contribution in [0, 0.1) is 5.92 Å². The first-order valence-corrected chi connectivity index (χ1v) is 7.82. The van der Waals surface area contributed by atoms with Crippen LogP contribution >= 0.6 is 0 Å². The quantitative estimate of drug-likeness (QED) is 0.787. The monoisotopic (exact) mass is 254 g/mol. The molecule has 1 saturated carbocycles. The van der Waals surface area contributed by atoms with Crippen LogP contribution in [-0.2, 0) is 4.74 Å². The maximum absolute atomic E-state index is 5.44. The Bertz CT molecular complexity index is 229. The average molecular weight is 254 g/mol. The van der Waals surface area contributed by atoms with Crippen LogP contribution in [0.4, 0.5) is 0 Å². The van der Waals surface area contributed by atoms with Gasteiger partial charge in [-0.3, -0.25) is 0 Å². The molecule has 3 heteroatoms. The minimum atomic E-state index is 0.762. The molecule has 0 bridgehead atoms. The molecule has 106 valence electrons. The molecule has 2 unspecified atom stereocenters. The van der Waals surface area contributed by atoms with Crippen molar-refractivity contribution in [1.82, 2.24) is 10.2 Å². The van der Waals surface area contributed by atoms with Crippen molar-refractivity contribution in [3.05, 3.63) is 0 Å². The fourth-order valence-corrected chi connectivity index (χ4v) is 3.59. The van der Waals surface area contributed by atoms with Crippen molar-refractivity contribution < 1.29 is 4.74 Å². The number of hydrogen-bond donors (Lipinski definition) is 1. The third kappa shape index (κ3) is 3.94. The zero-order valence-electron chi connectivity index (χ0n) is 12.2. The van der Waals surface area contributed by atoms with Gasteiger partial charge in [-0.1, -0.05) is 13.3 Å². The summed E-state index contributed by atoms with van der Waals surface area (Å²) in [6.07, 6.45) is 8.04. The second-order valence-electron chi connectivity index (χ2n) is 5.97. The van der Waals surface area contributed by atoms with E-state index in [2.05, 4.69) is 24.2 Å². The van der Waals surface area contributed by atoms with Gasteiger partial charge in [0.15, 0.2) is 0 Å². The number of rotatable bonds is 6. The van der Waals surface area contributed by atoms with Gasteiger partial charge in [0.05, 0.1) is 0 Å². The molecule has 2 aliphatic rings. The van der Waals surface area contributed by atoms with Crippen LogP contribution in [0.2, 0.25) is 0 Å². The zero-order valence-corrected chi connectivity index (χ0v) is 12.2. The van der Waals surface area contributed by atoms with Gasteiger partial charge in [0.1, 0.15) is 0 Å². The Morgan fingerprint density at radius 2 is 1.94 bits per heavy atom. The topological polar surface area (TPSA) is 24.5 Å². The lowest BCUT2D eigenvalue weighted by Crippen LogP contribution is -2.39. The second-order valence-corrected chi connectivity index (χ2v) is 5.97. The highest BCUT2D eigenvalue weighted by molar-refractivity contribution is 4.84. The summed E-state index contributed by atoms with van der Waals surface area (Å²) in [4.78, 5) is 2.57. The molecular formula is C15H30N2O. The molecule has 2 rings (SSSR count). The summed E-state index contributed by atoms with van der Waals surface area (Å²) in [5.41, 5.74) is 0. The van der Waals surface area contributed by atoms with Crippen LogP contribution in [0.25, 0.3) is 0 Å². The minimum absolute atomic E-state index is 0.762. The largest absolute Gasteiger partial charge is 0.381 e. The van der Waals surface area contributed by atoms with Crippen LogP contribution in [-0.4, -0.2) is 50.3 Å². The maximum Gasteiger partial charge on any atom is 0.0480 e. The lowest BCUT2D eigenvalue weighted by molar-refractivity contribution is 0.0412. The summed E-state index contributed by atoms with van der Waals surface area (Å²) >= 11 is 0. The molecule has 0 spiro atoms. The van der Waals surface area contributed by atoms with Crippen LogP contribution in [0.3, 0.4) is 0 Å². The lowest BCUT2D eigenvalue weighted by atomic mass is 9.98. The molecule has 2 fully saturated rings. The highest BCUT2D eigenvalue weighted by Crippen LogP contribution is 2.29. The maximum atomic E-state index is 5.44. The van der Waals surface area contributed by atoms with Gasteiger partial charge in [-0.25, -0.2) is 0 Å². The summed E-state index contributed by atoms with van der Waals surface area (Å²) in [6, 6.07) is 1.55. The number of hydrogen-bond acceptors (Lipinski definition) is 3. The third-order valence-electron chi connectivity index (χ3n) is 4.79. The number of nitrogens with one attached hydrogen (secondary N) is 1. The Kier molecular flexibility index (Phi) is 5.93. The Morgan fingerprint density at radius 3 is 2.67 bits per heavy atom. The second kappa shape index (κ2) is 7.46. The normalized spacial score (nSPS) is 30.2. The molecule has 1 saturated heterocycles. The molecule has 0 aromatic carbocycles. The summed E-state index contributed by atoms with van der Waals surface area (Å²) in [5.74, 6) is 0.909. The fourth-order valence-electron chi connectivity index (χ4n) is 3.59. The molecule has 3 nitrogen and oxygen atoms in total. The summed E-state index contributed by atoms with van der Waals surface area (Å²) in [5, 5.41) is 3.66. The van der Waals surface area contributed by atoms with Crippen LogP contribution in [0.1, 0.15) is 45.4 Å². The molecule has 1 aliphatic carbocycles. The van der Waals surface area contributed by atoms with Crippen molar-refractivity contribution >= 4 is 0 Å². The number of ether oxygens (including phenoxy) is 1. The molecule has 0 aromatic heterocycles. The van der Waals surface area contributed by atoms with Crippen molar-refractivity contribution in [2.45, 2.75) is 57.5 Å². The summed E-state index contributed by atoms with van der Waals surface area (Å²) in [7, 11) is 2.30. The SMILES string of the molecule is CCNC1CCCC1CCN(C)C1CCOCC1. The minimum Gasteiger partial charge on any atom is -0.381 e. The Morgan fingerprint density at radius 1 is 1.17 bits per heavy atom. The predicted molar refractivity (Wildman–Crippen MR) is 75.9 cm³/mol. The van der Waals surface area contributed by atoms with Gasteiger partial charge in [0.2, 0.25) is 0 Å². The highest BCUT2D eigenvalue weighted by atomic mass is 16.5. The molecule has 1 aliphatic heterocycles. The Labute approximate surface area is 112 Å². The van der Waals surface area contributed by atoms with Crippen LogP contribution in [0.5, 0.6) is 0 Å². The Balaban J connectivity index is 1.69. The van der Waals surface area contributed by atoms with E-state index in [4.69, 9.17) is 4.74 Å². The first-order valence-electron chi connectivity index (χ1n) is 7.82. The third-order valence-corrected chi connectivity index (χ3v) is 4.79. The van der Waals surface area contributed by atoms with Crippen LogP contribution < -0.4 is 5.32 Å². The van der Waals surface area contributed by atoms with Crippen molar-refractivity contribution in [3.8, 4) is 0 Å². The molecule has 18 heavy (non-hydrogen) atoms. The summed E-state index contributed by atoms with van der Waals surface area (Å²) < 4.78 is 5.44. The van der Waals surface area contributed by atoms with E-state index >= 15 is 0 Å². The van der Waals surface area contributed by atoms with Gasteiger partial charge in [0.25, 0.3) is 0 Å². The van der Waals surface area contributed by atoms with Crippen molar-refractivity contribution in [1.29, 1.82) is 0 Å². The molecule has 0 amide bonds. The number of nitrogens with zero attached hydrogens (tertiary/aromatic N) is 1. The van der Waals surface area contributed by atoms with E-state index in [1.807, 2.05) is 0 Å². The van der Waals surface area contributed by atoms with Crippen molar-refractivity contribution in [3.63, 3.8) is 0 Å². The van der Waals surface area contributed by atoms with E-state index in [9.17, 15) is 0 Å². The van der Waals surface area contributed by atoms with Crippen molar-refractivity contribution in [2.75, 3.05) is 33.4 Å². The molecule has 0 radical (unpaired) electrons. The van der Waals surface area contributed by atoms with Gasteiger partial charge < -0.3 is 15.0 Å². The van der Waals surface area contributed by atoms with E-state index < -0.39 is 0 Å². The highest BCUT2D eigenvalue weighted by Gasteiger charge is 2.27. The first kappa shape index (κ1) is 14.3. The van der Waals surface area contributed by atoms with E-state index in [1.54, 1.807) is 0 Å².